The summed E-state index contributed by atoms with van der Waals surface area (Å²) in [6, 6.07) is 13.4. The topological polar surface area (TPSA) is 42.4 Å². The lowest BCUT2D eigenvalue weighted by atomic mass is 10.2. The first-order chi connectivity index (χ1) is 10.3. The second-order valence-corrected chi connectivity index (χ2v) is 5.15. The van der Waals surface area contributed by atoms with Gasteiger partial charge in [0.05, 0.1) is 6.04 Å². The second kappa shape index (κ2) is 6.39. The van der Waals surface area contributed by atoms with Crippen molar-refractivity contribution in [2.75, 3.05) is 13.2 Å². The lowest BCUT2D eigenvalue weighted by molar-refractivity contribution is 0.0691. The molecular weight excluding hydrogens is 264 g/mol. The van der Waals surface area contributed by atoms with Crippen molar-refractivity contribution in [1.29, 1.82) is 0 Å². The maximum Gasteiger partial charge on any atom is 0.254 e. The Bertz CT molecular complexity index is 586. The number of benzene rings is 1. The molecule has 4 heteroatoms. The van der Waals surface area contributed by atoms with E-state index in [1.807, 2.05) is 35.2 Å². The van der Waals surface area contributed by atoms with Gasteiger partial charge in [-0.2, -0.15) is 0 Å². The summed E-state index contributed by atoms with van der Waals surface area (Å²) in [6.07, 6.45) is 5.32. The quantitative estimate of drug-likeness (QED) is 0.866. The molecule has 21 heavy (non-hydrogen) atoms. The van der Waals surface area contributed by atoms with Crippen LogP contribution in [0.3, 0.4) is 0 Å². The fraction of sp³-hybridized carbons (Fsp3) is 0.294. The third-order valence-electron chi connectivity index (χ3n) is 3.75. The highest BCUT2D eigenvalue weighted by atomic mass is 16.5. The summed E-state index contributed by atoms with van der Waals surface area (Å²) in [5.74, 6) is 0.914. The van der Waals surface area contributed by atoms with Crippen LogP contribution in [0.5, 0.6) is 5.75 Å². The van der Waals surface area contributed by atoms with Crippen molar-refractivity contribution in [2.24, 2.45) is 0 Å². The molecule has 1 aliphatic heterocycles. The van der Waals surface area contributed by atoms with E-state index in [1.165, 1.54) is 0 Å². The molecular formula is C17H18N2O2. The van der Waals surface area contributed by atoms with Crippen molar-refractivity contribution in [3.8, 4) is 5.75 Å². The van der Waals surface area contributed by atoms with E-state index in [1.54, 1.807) is 24.5 Å². The van der Waals surface area contributed by atoms with Gasteiger partial charge in [-0.3, -0.25) is 9.78 Å². The first-order valence-electron chi connectivity index (χ1n) is 7.23. The number of aromatic nitrogens is 1. The molecule has 1 aromatic carbocycles. The lowest BCUT2D eigenvalue weighted by Gasteiger charge is -2.24. The lowest BCUT2D eigenvalue weighted by Crippen LogP contribution is -2.39. The molecule has 0 saturated carbocycles. The number of carbonyl (C=O) groups excluding carboxylic acids is 1. The average Bonchev–Trinajstić information content (AvgIpc) is 3.02. The highest BCUT2D eigenvalue weighted by Crippen LogP contribution is 2.21. The van der Waals surface area contributed by atoms with Crippen LogP contribution in [-0.4, -0.2) is 35.0 Å². The Hall–Kier alpha value is -2.36. The predicted molar refractivity (Wildman–Crippen MR) is 80.2 cm³/mol. The number of hydrogen-bond donors (Lipinski definition) is 0. The Morgan fingerprint density at radius 1 is 1.19 bits per heavy atom. The van der Waals surface area contributed by atoms with Crippen LogP contribution in [0.1, 0.15) is 23.2 Å². The van der Waals surface area contributed by atoms with Gasteiger partial charge in [-0.15, -0.1) is 0 Å². The number of rotatable bonds is 4. The van der Waals surface area contributed by atoms with Crippen LogP contribution in [-0.2, 0) is 0 Å². The van der Waals surface area contributed by atoms with Gasteiger partial charge in [-0.05, 0) is 37.1 Å². The molecule has 1 saturated heterocycles. The highest BCUT2D eigenvalue weighted by Gasteiger charge is 2.29. The molecule has 0 N–H and O–H groups in total. The average molecular weight is 282 g/mol. The summed E-state index contributed by atoms with van der Waals surface area (Å²) in [4.78, 5) is 18.4. The normalized spacial score (nSPS) is 17.7. The minimum Gasteiger partial charge on any atom is -0.491 e. The van der Waals surface area contributed by atoms with Gasteiger partial charge in [0, 0.05) is 24.5 Å². The molecule has 1 aliphatic rings. The largest absolute Gasteiger partial charge is 0.491 e. The zero-order valence-electron chi connectivity index (χ0n) is 11.8. The molecule has 1 aromatic heterocycles. The Balaban J connectivity index is 1.64. The Kier molecular flexibility index (Phi) is 4.15. The fourth-order valence-electron chi connectivity index (χ4n) is 2.65. The van der Waals surface area contributed by atoms with Crippen molar-refractivity contribution in [2.45, 2.75) is 18.9 Å². The van der Waals surface area contributed by atoms with Crippen molar-refractivity contribution < 1.29 is 9.53 Å². The molecule has 108 valence electrons. The third-order valence-corrected chi connectivity index (χ3v) is 3.75. The summed E-state index contributed by atoms with van der Waals surface area (Å²) in [7, 11) is 0. The molecule has 1 fully saturated rings. The minimum absolute atomic E-state index is 0.0663. The maximum absolute atomic E-state index is 12.5. The molecule has 0 aliphatic carbocycles. The first kappa shape index (κ1) is 13.6. The van der Waals surface area contributed by atoms with E-state index in [2.05, 4.69) is 4.98 Å². The number of para-hydroxylation sites is 1. The molecule has 1 atom stereocenters. The number of likely N-dealkylation sites (tertiary alicyclic amines) is 1. The van der Waals surface area contributed by atoms with Crippen LogP contribution in [0.2, 0.25) is 0 Å². The number of carbonyl (C=O) groups is 1. The summed E-state index contributed by atoms with van der Waals surface area (Å²) in [5.41, 5.74) is 0.691. The van der Waals surface area contributed by atoms with E-state index in [0.29, 0.717) is 12.2 Å². The number of amides is 1. The van der Waals surface area contributed by atoms with Crippen LogP contribution >= 0.6 is 0 Å². The van der Waals surface area contributed by atoms with Crippen LogP contribution in [0.4, 0.5) is 0 Å². The van der Waals surface area contributed by atoms with E-state index in [-0.39, 0.29) is 11.9 Å². The molecule has 3 rings (SSSR count). The summed E-state index contributed by atoms with van der Waals surface area (Å²) in [6.45, 7) is 1.34. The maximum atomic E-state index is 12.5. The van der Waals surface area contributed by atoms with Crippen molar-refractivity contribution in [1.82, 2.24) is 9.88 Å². The van der Waals surface area contributed by atoms with Crippen molar-refractivity contribution in [3.63, 3.8) is 0 Å². The van der Waals surface area contributed by atoms with E-state index in [9.17, 15) is 4.79 Å². The Morgan fingerprint density at radius 2 is 1.95 bits per heavy atom. The SMILES string of the molecule is O=C(c1ccncc1)N1CCC[C@H]1COc1ccccc1. The molecule has 0 spiro atoms. The van der Waals surface area contributed by atoms with Gasteiger partial charge < -0.3 is 9.64 Å². The Morgan fingerprint density at radius 3 is 2.71 bits per heavy atom. The summed E-state index contributed by atoms with van der Waals surface area (Å²) < 4.78 is 5.80. The highest BCUT2D eigenvalue weighted by molar-refractivity contribution is 5.94. The number of nitrogens with zero attached hydrogens (tertiary/aromatic N) is 2. The van der Waals surface area contributed by atoms with E-state index in [4.69, 9.17) is 4.74 Å². The van der Waals surface area contributed by atoms with Gasteiger partial charge >= 0.3 is 0 Å². The molecule has 1 amide bonds. The van der Waals surface area contributed by atoms with Crippen LogP contribution in [0, 0.1) is 0 Å². The van der Waals surface area contributed by atoms with Crippen LogP contribution < -0.4 is 4.74 Å². The molecule has 4 nitrogen and oxygen atoms in total. The fourth-order valence-corrected chi connectivity index (χ4v) is 2.65. The van der Waals surface area contributed by atoms with E-state index < -0.39 is 0 Å². The van der Waals surface area contributed by atoms with Gasteiger partial charge in [0.1, 0.15) is 12.4 Å². The van der Waals surface area contributed by atoms with Crippen molar-refractivity contribution in [3.05, 3.63) is 60.4 Å². The first-order valence-corrected chi connectivity index (χ1v) is 7.23. The molecule has 2 heterocycles. The molecule has 2 aromatic rings. The summed E-state index contributed by atoms with van der Waals surface area (Å²) in [5, 5.41) is 0. The molecule has 0 radical (unpaired) electrons. The number of ether oxygens (including phenoxy) is 1. The van der Waals surface area contributed by atoms with Gasteiger partial charge in [0.25, 0.3) is 5.91 Å². The minimum atomic E-state index is 0.0663. The van der Waals surface area contributed by atoms with E-state index >= 15 is 0 Å². The van der Waals surface area contributed by atoms with Crippen LogP contribution in [0.25, 0.3) is 0 Å². The van der Waals surface area contributed by atoms with Gasteiger partial charge in [0.2, 0.25) is 0 Å². The molecule has 0 bridgehead atoms. The Labute approximate surface area is 124 Å². The van der Waals surface area contributed by atoms with Crippen molar-refractivity contribution >= 4 is 5.91 Å². The zero-order chi connectivity index (χ0) is 14.5. The van der Waals surface area contributed by atoms with Gasteiger partial charge in [0.15, 0.2) is 0 Å². The van der Waals surface area contributed by atoms with Gasteiger partial charge in [-0.1, -0.05) is 18.2 Å². The smallest absolute Gasteiger partial charge is 0.254 e. The second-order valence-electron chi connectivity index (χ2n) is 5.15. The third kappa shape index (κ3) is 3.21. The van der Waals surface area contributed by atoms with Crippen LogP contribution in [0.15, 0.2) is 54.9 Å². The number of hydrogen-bond acceptors (Lipinski definition) is 3. The zero-order valence-corrected chi connectivity index (χ0v) is 11.8. The number of pyridine rings is 1. The van der Waals surface area contributed by atoms with E-state index in [0.717, 1.165) is 25.1 Å². The predicted octanol–water partition coefficient (Wildman–Crippen LogP) is 2.77. The monoisotopic (exact) mass is 282 g/mol. The summed E-state index contributed by atoms with van der Waals surface area (Å²) >= 11 is 0. The standard InChI is InChI=1S/C17H18N2O2/c20-17(14-8-10-18-11-9-14)19-12-4-5-15(19)13-21-16-6-2-1-3-7-16/h1-3,6-11,15H,4-5,12-13H2/t15-/m0/s1. The molecule has 0 unspecified atom stereocenters. The van der Waals surface area contributed by atoms with Gasteiger partial charge in [-0.25, -0.2) is 0 Å².